The van der Waals surface area contributed by atoms with Gasteiger partial charge in [-0.25, -0.2) is 4.98 Å². The normalized spacial score (nSPS) is 12.0. The number of halogens is 1. The van der Waals surface area contributed by atoms with E-state index in [1.54, 1.807) is 11.3 Å². The van der Waals surface area contributed by atoms with Crippen LogP contribution in [0.5, 0.6) is 0 Å². The number of aryl methyl sites for hydroxylation is 2. The predicted octanol–water partition coefficient (Wildman–Crippen LogP) is 3.91. The van der Waals surface area contributed by atoms with E-state index < -0.39 is 0 Å². The van der Waals surface area contributed by atoms with Crippen molar-refractivity contribution in [2.24, 2.45) is 10.4 Å². The lowest BCUT2D eigenvalue weighted by Gasteiger charge is -2.18. The number of hydrogen-bond donors (Lipinski definition) is 2. The van der Waals surface area contributed by atoms with E-state index in [-0.39, 0.29) is 24.0 Å². The molecule has 1 aromatic heterocycles. The standard InChI is InChI=1S/C16H30N4S.HI/c1-12-13(2)21-14(20-12)8-11-19-15(17-6)18-10-7-9-16(3,4)5;/h7-11H2,1-6H3,(H2,17,18,19);1H. The molecule has 0 saturated carbocycles. The number of aliphatic imine (C=N–C) groups is 1. The van der Waals surface area contributed by atoms with Crippen LogP contribution in [-0.4, -0.2) is 31.1 Å². The van der Waals surface area contributed by atoms with Gasteiger partial charge in [0.25, 0.3) is 0 Å². The lowest BCUT2D eigenvalue weighted by atomic mass is 9.91. The van der Waals surface area contributed by atoms with Gasteiger partial charge < -0.3 is 10.6 Å². The lowest BCUT2D eigenvalue weighted by Crippen LogP contribution is -2.38. The van der Waals surface area contributed by atoms with Crippen LogP contribution in [0.2, 0.25) is 0 Å². The van der Waals surface area contributed by atoms with Crippen molar-refractivity contribution in [2.75, 3.05) is 20.1 Å². The summed E-state index contributed by atoms with van der Waals surface area (Å²) in [5, 5.41) is 7.91. The molecule has 2 N–H and O–H groups in total. The van der Waals surface area contributed by atoms with Crippen molar-refractivity contribution < 1.29 is 0 Å². The first-order valence-corrected chi connectivity index (χ1v) is 8.51. The molecule has 0 aliphatic rings. The third kappa shape index (κ3) is 8.92. The van der Waals surface area contributed by atoms with Gasteiger partial charge in [0, 0.05) is 31.4 Å². The van der Waals surface area contributed by atoms with Gasteiger partial charge >= 0.3 is 0 Å². The molecule has 1 heterocycles. The van der Waals surface area contributed by atoms with Crippen LogP contribution in [0, 0.1) is 19.3 Å². The van der Waals surface area contributed by atoms with Crippen LogP contribution in [0.15, 0.2) is 4.99 Å². The van der Waals surface area contributed by atoms with Crippen LogP contribution in [0.25, 0.3) is 0 Å². The van der Waals surface area contributed by atoms with Crippen molar-refractivity contribution >= 4 is 41.3 Å². The minimum Gasteiger partial charge on any atom is -0.356 e. The average Bonchev–Trinajstić information content (AvgIpc) is 2.70. The Morgan fingerprint density at radius 1 is 1.18 bits per heavy atom. The molecule has 0 amide bonds. The summed E-state index contributed by atoms with van der Waals surface area (Å²) < 4.78 is 0. The highest BCUT2D eigenvalue weighted by molar-refractivity contribution is 14.0. The van der Waals surface area contributed by atoms with E-state index >= 15 is 0 Å². The zero-order valence-corrected chi connectivity index (χ0v) is 17.9. The zero-order chi connectivity index (χ0) is 15.9. The highest BCUT2D eigenvalue weighted by Gasteiger charge is 2.09. The molecule has 6 heteroatoms. The van der Waals surface area contributed by atoms with E-state index in [0.717, 1.165) is 37.6 Å². The fourth-order valence-electron chi connectivity index (χ4n) is 1.98. The minimum absolute atomic E-state index is 0. The maximum Gasteiger partial charge on any atom is 0.190 e. The monoisotopic (exact) mass is 438 g/mol. The van der Waals surface area contributed by atoms with Gasteiger partial charge in [0.1, 0.15) is 0 Å². The number of hydrogen-bond acceptors (Lipinski definition) is 3. The Kier molecular flexibility index (Phi) is 10.2. The molecule has 0 fully saturated rings. The fraction of sp³-hybridized carbons (Fsp3) is 0.750. The van der Waals surface area contributed by atoms with Gasteiger partial charge in [0.05, 0.1) is 10.7 Å². The van der Waals surface area contributed by atoms with Crippen molar-refractivity contribution in [3.8, 4) is 0 Å². The first kappa shape index (κ1) is 21.6. The van der Waals surface area contributed by atoms with E-state index in [2.05, 4.69) is 55.2 Å². The van der Waals surface area contributed by atoms with Crippen molar-refractivity contribution in [3.63, 3.8) is 0 Å². The van der Waals surface area contributed by atoms with E-state index in [1.807, 2.05) is 7.05 Å². The van der Waals surface area contributed by atoms with Gasteiger partial charge in [-0.15, -0.1) is 35.3 Å². The SMILES string of the molecule is CN=C(NCCCC(C)(C)C)NCCc1nc(C)c(C)s1.I. The molecule has 128 valence electrons. The van der Waals surface area contributed by atoms with Crippen LogP contribution in [0.1, 0.15) is 49.2 Å². The Balaban J connectivity index is 0.00000441. The molecule has 0 radical (unpaired) electrons. The molecule has 0 aliphatic carbocycles. The summed E-state index contributed by atoms with van der Waals surface area (Å²) in [5.74, 6) is 0.883. The quantitative estimate of drug-likeness (QED) is 0.307. The molecule has 0 aromatic carbocycles. The number of thiazole rings is 1. The summed E-state index contributed by atoms with van der Waals surface area (Å²) in [6.07, 6.45) is 3.33. The van der Waals surface area contributed by atoms with Crippen LogP contribution in [0.4, 0.5) is 0 Å². The Bertz CT molecular complexity index is 444. The van der Waals surface area contributed by atoms with Gasteiger partial charge in [-0.3, -0.25) is 4.99 Å². The number of nitrogens with one attached hydrogen (secondary N) is 2. The van der Waals surface area contributed by atoms with Crippen LogP contribution in [-0.2, 0) is 6.42 Å². The molecule has 0 saturated heterocycles. The Morgan fingerprint density at radius 2 is 1.82 bits per heavy atom. The second-order valence-electron chi connectivity index (χ2n) is 6.59. The van der Waals surface area contributed by atoms with Crippen molar-refractivity contribution in [1.82, 2.24) is 15.6 Å². The first-order chi connectivity index (χ1) is 9.81. The minimum atomic E-state index is 0. The fourth-order valence-corrected chi connectivity index (χ4v) is 2.91. The van der Waals surface area contributed by atoms with Crippen molar-refractivity contribution in [1.29, 1.82) is 0 Å². The van der Waals surface area contributed by atoms with E-state index in [0.29, 0.717) is 5.41 Å². The van der Waals surface area contributed by atoms with Crippen LogP contribution in [0.3, 0.4) is 0 Å². The van der Waals surface area contributed by atoms with Gasteiger partial charge in [0.15, 0.2) is 5.96 Å². The molecule has 0 aliphatic heterocycles. The first-order valence-electron chi connectivity index (χ1n) is 7.69. The summed E-state index contributed by atoms with van der Waals surface area (Å²) in [5.41, 5.74) is 1.55. The average molecular weight is 438 g/mol. The second-order valence-corrected chi connectivity index (χ2v) is 7.88. The number of guanidine groups is 1. The number of rotatable bonds is 6. The maximum atomic E-state index is 4.55. The summed E-state index contributed by atoms with van der Waals surface area (Å²) in [6, 6.07) is 0. The smallest absolute Gasteiger partial charge is 0.190 e. The molecule has 0 bridgehead atoms. The van der Waals surface area contributed by atoms with Gasteiger partial charge in [-0.2, -0.15) is 0 Å². The Morgan fingerprint density at radius 3 is 2.32 bits per heavy atom. The van der Waals surface area contributed by atoms with Crippen LogP contribution < -0.4 is 10.6 Å². The third-order valence-electron chi connectivity index (χ3n) is 3.32. The van der Waals surface area contributed by atoms with E-state index in [4.69, 9.17) is 0 Å². The molecular formula is C16H31IN4S. The highest BCUT2D eigenvalue weighted by atomic mass is 127. The number of aromatic nitrogens is 1. The maximum absolute atomic E-state index is 4.55. The molecule has 0 unspecified atom stereocenters. The van der Waals surface area contributed by atoms with Gasteiger partial charge in [0.2, 0.25) is 0 Å². The second kappa shape index (κ2) is 10.4. The van der Waals surface area contributed by atoms with Crippen molar-refractivity contribution in [2.45, 2.75) is 53.9 Å². The third-order valence-corrected chi connectivity index (χ3v) is 4.46. The lowest BCUT2D eigenvalue weighted by molar-refractivity contribution is 0.365. The Hall–Kier alpha value is -0.370. The molecular weight excluding hydrogens is 407 g/mol. The van der Waals surface area contributed by atoms with Crippen LogP contribution >= 0.6 is 35.3 Å². The molecule has 0 atom stereocenters. The molecule has 22 heavy (non-hydrogen) atoms. The topological polar surface area (TPSA) is 49.3 Å². The molecule has 4 nitrogen and oxygen atoms in total. The summed E-state index contributed by atoms with van der Waals surface area (Å²) >= 11 is 1.79. The highest BCUT2D eigenvalue weighted by Crippen LogP contribution is 2.19. The largest absolute Gasteiger partial charge is 0.356 e. The Labute approximate surface area is 156 Å². The molecule has 1 rings (SSSR count). The van der Waals surface area contributed by atoms with Gasteiger partial charge in [-0.1, -0.05) is 20.8 Å². The summed E-state index contributed by atoms with van der Waals surface area (Å²) in [4.78, 5) is 10.1. The van der Waals surface area contributed by atoms with E-state index in [9.17, 15) is 0 Å². The number of nitrogens with zero attached hydrogens (tertiary/aromatic N) is 2. The molecule has 1 aromatic rings. The predicted molar refractivity (Wildman–Crippen MR) is 109 cm³/mol. The van der Waals surface area contributed by atoms with E-state index in [1.165, 1.54) is 16.3 Å². The summed E-state index contributed by atoms with van der Waals surface area (Å²) in [7, 11) is 1.82. The summed E-state index contributed by atoms with van der Waals surface area (Å²) in [6.45, 7) is 12.9. The van der Waals surface area contributed by atoms with Crippen molar-refractivity contribution in [3.05, 3.63) is 15.6 Å². The zero-order valence-electron chi connectivity index (χ0n) is 14.7. The van der Waals surface area contributed by atoms with Gasteiger partial charge in [-0.05, 0) is 32.1 Å². The molecule has 0 spiro atoms.